The standard InChI is InChI=1S/C15H12N2O2S/c18-20(19,12-6-2-1-3-7-12)17-15-10-4-9-14-13(15)8-5-11-16-14/h1-11,17H. The lowest BCUT2D eigenvalue weighted by Crippen LogP contribution is -2.13. The van der Waals surface area contributed by atoms with Crippen LogP contribution in [0, 0.1) is 0 Å². The minimum absolute atomic E-state index is 0.237. The molecule has 3 aromatic rings. The lowest BCUT2D eigenvalue weighted by Gasteiger charge is -2.10. The highest BCUT2D eigenvalue weighted by molar-refractivity contribution is 7.92. The van der Waals surface area contributed by atoms with Crippen molar-refractivity contribution < 1.29 is 8.42 Å². The fourth-order valence-corrected chi connectivity index (χ4v) is 3.10. The van der Waals surface area contributed by atoms with Crippen molar-refractivity contribution in [2.75, 3.05) is 4.72 Å². The van der Waals surface area contributed by atoms with Crippen molar-refractivity contribution in [2.45, 2.75) is 4.90 Å². The van der Waals surface area contributed by atoms with E-state index in [4.69, 9.17) is 0 Å². The van der Waals surface area contributed by atoms with Crippen molar-refractivity contribution in [1.29, 1.82) is 0 Å². The van der Waals surface area contributed by atoms with Gasteiger partial charge in [-0.15, -0.1) is 0 Å². The summed E-state index contributed by atoms with van der Waals surface area (Å²) in [5.74, 6) is 0. The third-order valence-electron chi connectivity index (χ3n) is 2.94. The molecule has 0 aliphatic heterocycles. The number of aromatic nitrogens is 1. The highest BCUT2D eigenvalue weighted by Gasteiger charge is 2.14. The minimum atomic E-state index is -3.58. The molecule has 1 aromatic heterocycles. The Morgan fingerprint density at radius 1 is 0.850 bits per heavy atom. The summed E-state index contributed by atoms with van der Waals surface area (Å²) in [5.41, 5.74) is 1.28. The van der Waals surface area contributed by atoms with Crippen LogP contribution in [0.15, 0.2) is 71.8 Å². The number of benzene rings is 2. The van der Waals surface area contributed by atoms with Crippen LogP contribution in [-0.4, -0.2) is 13.4 Å². The lowest BCUT2D eigenvalue weighted by atomic mass is 10.2. The molecule has 0 aliphatic rings. The molecule has 0 bridgehead atoms. The van der Waals surface area contributed by atoms with Crippen LogP contribution in [0.5, 0.6) is 0 Å². The van der Waals surface area contributed by atoms with Gasteiger partial charge < -0.3 is 0 Å². The van der Waals surface area contributed by atoms with E-state index in [1.54, 1.807) is 54.7 Å². The third kappa shape index (κ3) is 2.35. The molecule has 0 atom stereocenters. The number of pyridine rings is 1. The molecule has 0 unspecified atom stereocenters. The summed E-state index contributed by atoms with van der Waals surface area (Å²) >= 11 is 0. The molecule has 4 nitrogen and oxygen atoms in total. The van der Waals surface area contributed by atoms with Crippen LogP contribution < -0.4 is 4.72 Å². The SMILES string of the molecule is O=S(=O)(Nc1cccc2ncccc12)c1ccccc1. The summed E-state index contributed by atoms with van der Waals surface area (Å²) < 4.78 is 27.2. The number of nitrogens with zero attached hydrogens (tertiary/aromatic N) is 1. The number of nitrogens with one attached hydrogen (secondary N) is 1. The van der Waals surface area contributed by atoms with Crippen LogP contribution >= 0.6 is 0 Å². The van der Waals surface area contributed by atoms with E-state index < -0.39 is 10.0 Å². The van der Waals surface area contributed by atoms with Gasteiger partial charge in [0.2, 0.25) is 0 Å². The van der Waals surface area contributed by atoms with Crippen molar-refractivity contribution in [2.24, 2.45) is 0 Å². The average molecular weight is 284 g/mol. The maximum atomic E-state index is 12.3. The topological polar surface area (TPSA) is 59.1 Å². The second kappa shape index (κ2) is 4.94. The van der Waals surface area contributed by atoms with E-state index in [0.717, 1.165) is 10.9 Å². The molecule has 3 rings (SSSR count). The zero-order valence-electron chi connectivity index (χ0n) is 10.5. The first kappa shape index (κ1) is 12.6. The number of hydrogen-bond donors (Lipinski definition) is 1. The van der Waals surface area contributed by atoms with Gasteiger partial charge in [-0.05, 0) is 36.4 Å². The van der Waals surface area contributed by atoms with Gasteiger partial charge >= 0.3 is 0 Å². The number of hydrogen-bond acceptors (Lipinski definition) is 3. The second-order valence-corrected chi connectivity index (χ2v) is 5.98. The predicted octanol–water partition coefficient (Wildman–Crippen LogP) is 3.04. The molecule has 0 amide bonds. The first-order valence-electron chi connectivity index (χ1n) is 6.08. The van der Waals surface area contributed by atoms with Gasteiger partial charge in [-0.3, -0.25) is 9.71 Å². The summed E-state index contributed by atoms with van der Waals surface area (Å²) in [6, 6.07) is 17.3. The van der Waals surface area contributed by atoms with Gasteiger partial charge in [-0.2, -0.15) is 0 Å². The molecule has 0 radical (unpaired) electrons. The van der Waals surface area contributed by atoms with E-state index in [9.17, 15) is 8.42 Å². The van der Waals surface area contributed by atoms with Crippen LogP contribution in [-0.2, 0) is 10.0 Å². The highest BCUT2D eigenvalue weighted by atomic mass is 32.2. The summed E-state index contributed by atoms with van der Waals surface area (Å²) in [6.45, 7) is 0. The highest BCUT2D eigenvalue weighted by Crippen LogP contribution is 2.24. The molecule has 100 valence electrons. The molecular formula is C15H12N2O2S. The molecular weight excluding hydrogens is 272 g/mol. The average Bonchev–Trinajstić information content (AvgIpc) is 2.48. The quantitative estimate of drug-likeness (QED) is 0.804. The van der Waals surface area contributed by atoms with Gasteiger partial charge in [-0.25, -0.2) is 8.42 Å². The van der Waals surface area contributed by atoms with E-state index in [2.05, 4.69) is 9.71 Å². The van der Waals surface area contributed by atoms with Crippen molar-refractivity contribution >= 4 is 26.6 Å². The van der Waals surface area contributed by atoms with Crippen LogP contribution in [0.3, 0.4) is 0 Å². The van der Waals surface area contributed by atoms with Crippen LogP contribution in [0.25, 0.3) is 10.9 Å². The Balaban J connectivity index is 2.06. The number of rotatable bonds is 3. The fourth-order valence-electron chi connectivity index (χ4n) is 2.00. The van der Waals surface area contributed by atoms with Crippen LogP contribution in [0.4, 0.5) is 5.69 Å². The number of anilines is 1. The summed E-state index contributed by atoms with van der Waals surface area (Å²) in [5, 5.41) is 0.773. The molecule has 0 aliphatic carbocycles. The van der Waals surface area contributed by atoms with Gasteiger partial charge in [0, 0.05) is 11.6 Å². The second-order valence-electron chi connectivity index (χ2n) is 4.29. The predicted molar refractivity (Wildman–Crippen MR) is 79.0 cm³/mol. The molecule has 0 saturated heterocycles. The summed E-state index contributed by atoms with van der Waals surface area (Å²) in [7, 11) is -3.58. The van der Waals surface area contributed by atoms with Gasteiger partial charge in [0.25, 0.3) is 10.0 Å². The first-order valence-corrected chi connectivity index (χ1v) is 7.57. The maximum Gasteiger partial charge on any atom is 0.261 e. The van der Waals surface area contributed by atoms with Crippen LogP contribution in [0.2, 0.25) is 0 Å². The van der Waals surface area contributed by atoms with Crippen molar-refractivity contribution in [3.8, 4) is 0 Å². The van der Waals surface area contributed by atoms with E-state index in [1.807, 2.05) is 12.1 Å². The van der Waals surface area contributed by atoms with E-state index >= 15 is 0 Å². The molecule has 0 spiro atoms. The molecule has 1 N–H and O–H groups in total. The molecule has 2 aromatic carbocycles. The normalized spacial score (nSPS) is 11.4. The number of fused-ring (bicyclic) bond motifs is 1. The maximum absolute atomic E-state index is 12.3. The Morgan fingerprint density at radius 2 is 1.65 bits per heavy atom. The van der Waals surface area contributed by atoms with Gasteiger partial charge in [0.05, 0.1) is 16.1 Å². The largest absolute Gasteiger partial charge is 0.279 e. The number of sulfonamides is 1. The van der Waals surface area contributed by atoms with Crippen molar-refractivity contribution in [3.05, 3.63) is 66.9 Å². The van der Waals surface area contributed by atoms with E-state index in [-0.39, 0.29) is 4.90 Å². The van der Waals surface area contributed by atoms with Gasteiger partial charge in [-0.1, -0.05) is 24.3 Å². The monoisotopic (exact) mass is 284 g/mol. The fraction of sp³-hybridized carbons (Fsp3) is 0. The Bertz CT molecular complexity index is 841. The van der Waals surface area contributed by atoms with Crippen LogP contribution in [0.1, 0.15) is 0 Å². The molecule has 1 heterocycles. The molecule has 0 saturated carbocycles. The minimum Gasteiger partial charge on any atom is -0.279 e. The Labute approximate surface area is 117 Å². The Kier molecular flexibility index (Phi) is 3.12. The van der Waals surface area contributed by atoms with E-state index in [0.29, 0.717) is 5.69 Å². The van der Waals surface area contributed by atoms with E-state index in [1.165, 1.54) is 0 Å². The van der Waals surface area contributed by atoms with Gasteiger partial charge in [0.1, 0.15) is 0 Å². The molecule has 0 fully saturated rings. The Morgan fingerprint density at radius 3 is 2.45 bits per heavy atom. The first-order chi connectivity index (χ1) is 9.67. The zero-order valence-corrected chi connectivity index (χ0v) is 11.3. The van der Waals surface area contributed by atoms with Gasteiger partial charge in [0.15, 0.2) is 0 Å². The lowest BCUT2D eigenvalue weighted by molar-refractivity contribution is 0.601. The molecule has 20 heavy (non-hydrogen) atoms. The Hall–Kier alpha value is -2.40. The summed E-state index contributed by atoms with van der Waals surface area (Å²) in [4.78, 5) is 4.45. The van der Waals surface area contributed by atoms with Crippen molar-refractivity contribution in [3.63, 3.8) is 0 Å². The summed E-state index contributed by atoms with van der Waals surface area (Å²) in [6.07, 6.45) is 1.68. The zero-order chi connectivity index (χ0) is 14.0. The third-order valence-corrected chi connectivity index (χ3v) is 4.32. The van der Waals surface area contributed by atoms with Crippen molar-refractivity contribution in [1.82, 2.24) is 4.98 Å². The smallest absolute Gasteiger partial charge is 0.261 e. The molecule has 5 heteroatoms.